The molecular formula is C19H23NO4. The van der Waals surface area contributed by atoms with Crippen LogP contribution in [0.25, 0.3) is 0 Å². The summed E-state index contributed by atoms with van der Waals surface area (Å²) in [6.45, 7) is 1.82. The number of hydrogen-bond donors (Lipinski definition) is 2. The Morgan fingerprint density at radius 2 is 1.62 bits per heavy atom. The number of carbonyl (C=O) groups excluding carboxylic acids is 1. The zero-order valence-electron chi connectivity index (χ0n) is 13.6. The first-order chi connectivity index (χ1) is 11.7. The highest BCUT2D eigenvalue weighted by molar-refractivity contribution is 5.78. The minimum absolute atomic E-state index is 0.0208. The number of aliphatic hydroxyl groups excluding tert-OH is 1. The Morgan fingerprint density at radius 1 is 1.00 bits per heavy atom. The van der Waals surface area contributed by atoms with Crippen molar-refractivity contribution in [1.82, 2.24) is 4.90 Å². The first-order valence-corrected chi connectivity index (χ1v) is 8.03. The number of carbonyl (C=O) groups is 1. The summed E-state index contributed by atoms with van der Waals surface area (Å²) in [5, 5.41) is 17.5. The molecule has 128 valence electrons. The quantitative estimate of drug-likeness (QED) is 0.904. The number of nitrogens with zero attached hydrogens (tertiary/aromatic N) is 1. The van der Waals surface area contributed by atoms with E-state index in [2.05, 4.69) is 0 Å². The minimum atomic E-state index is 0.0208. The number of aromatic hydroxyl groups is 1. The van der Waals surface area contributed by atoms with Crippen molar-refractivity contribution in [3.05, 3.63) is 60.2 Å². The molecule has 1 amide bonds. The van der Waals surface area contributed by atoms with Crippen LogP contribution in [-0.2, 0) is 11.4 Å². The van der Waals surface area contributed by atoms with E-state index in [9.17, 15) is 4.79 Å². The Hall–Kier alpha value is -2.53. The summed E-state index contributed by atoms with van der Waals surface area (Å²) >= 11 is 0. The van der Waals surface area contributed by atoms with Gasteiger partial charge in [0, 0.05) is 13.1 Å². The van der Waals surface area contributed by atoms with Crippen molar-refractivity contribution < 1.29 is 19.7 Å². The molecule has 2 aromatic rings. The van der Waals surface area contributed by atoms with Gasteiger partial charge in [-0.3, -0.25) is 4.79 Å². The molecule has 0 unspecified atom stereocenters. The first-order valence-electron chi connectivity index (χ1n) is 8.03. The van der Waals surface area contributed by atoms with E-state index in [-0.39, 0.29) is 19.1 Å². The predicted octanol–water partition coefficient (Wildman–Crippen LogP) is 2.57. The molecule has 2 aromatic carbocycles. The summed E-state index contributed by atoms with van der Waals surface area (Å²) in [5.41, 5.74) is 0.836. The number of aliphatic hydroxyl groups is 1. The van der Waals surface area contributed by atoms with Crippen LogP contribution in [-0.4, -0.2) is 40.7 Å². The summed E-state index contributed by atoms with van der Waals surface area (Å²) in [6, 6.07) is 15.8. The van der Waals surface area contributed by atoms with Crippen molar-refractivity contribution in [2.45, 2.75) is 19.4 Å². The van der Waals surface area contributed by atoms with Gasteiger partial charge >= 0.3 is 0 Å². The second kappa shape index (κ2) is 9.57. The Morgan fingerprint density at radius 3 is 2.12 bits per heavy atom. The summed E-state index contributed by atoms with van der Waals surface area (Å²) in [4.78, 5) is 13.5. The molecule has 0 spiro atoms. The third kappa shape index (κ3) is 5.93. The van der Waals surface area contributed by atoms with Gasteiger partial charge in [-0.15, -0.1) is 0 Å². The molecule has 1 saturated heterocycles. The molecule has 0 radical (unpaired) electrons. The van der Waals surface area contributed by atoms with Gasteiger partial charge in [-0.1, -0.05) is 30.3 Å². The zero-order chi connectivity index (χ0) is 17.2. The average Bonchev–Trinajstić information content (AvgIpc) is 3.16. The predicted molar refractivity (Wildman–Crippen MR) is 91.8 cm³/mol. The van der Waals surface area contributed by atoms with E-state index in [0.29, 0.717) is 11.5 Å². The molecular weight excluding hydrogens is 306 g/mol. The minimum Gasteiger partial charge on any atom is -0.508 e. The molecule has 0 saturated carbocycles. The van der Waals surface area contributed by atoms with E-state index in [1.807, 2.05) is 11.0 Å². The van der Waals surface area contributed by atoms with Crippen LogP contribution in [0.4, 0.5) is 0 Å². The van der Waals surface area contributed by atoms with E-state index in [1.165, 1.54) is 0 Å². The van der Waals surface area contributed by atoms with Crippen LogP contribution >= 0.6 is 0 Å². The largest absolute Gasteiger partial charge is 0.508 e. The zero-order valence-corrected chi connectivity index (χ0v) is 13.6. The molecule has 1 fully saturated rings. The first kappa shape index (κ1) is 17.8. The van der Waals surface area contributed by atoms with E-state index < -0.39 is 0 Å². The second-order valence-corrected chi connectivity index (χ2v) is 5.51. The van der Waals surface area contributed by atoms with Gasteiger partial charge in [0.05, 0.1) is 6.61 Å². The maximum absolute atomic E-state index is 11.7. The maximum atomic E-state index is 11.7. The highest BCUT2D eigenvalue weighted by Gasteiger charge is 2.17. The van der Waals surface area contributed by atoms with Crippen LogP contribution in [0.1, 0.15) is 18.4 Å². The van der Waals surface area contributed by atoms with Crippen LogP contribution < -0.4 is 4.74 Å². The number of ether oxygens (including phenoxy) is 1. The molecule has 1 aliphatic heterocycles. The smallest absolute Gasteiger partial charge is 0.260 e. The van der Waals surface area contributed by atoms with Crippen molar-refractivity contribution in [3.8, 4) is 11.5 Å². The van der Waals surface area contributed by atoms with E-state index in [0.717, 1.165) is 31.5 Å². The number of phenols is 1. The van der Waals surface area contributed by atoms with Gasteiger partial charge in [0.25, 0.3) is 5.91 Å². The van der Waals surface area contributed by atoms with Gasteiger partial charge in [0.15, 0.2) is 6.61 Å². The summed E-state index contributed by atoms with van der Waals surface area (Å²) in [6.07, 6.45) is 2.19. The van der Waals surface area contributed by atoms with E-state index in [1.54, 1.807) is 48.5 Å². The van der Waals surface area contributed by atoms with Crippen molar-refractivity contribution >= 4 is 5.91 Å². The van der Waals surface area contributed by atoms with Crippen LogP contribution in [0.2, 0.25) is 0 Å². The lowest BCUT2D eigenvalue weighted by Gasteiger charge is -2.15. The number of para-hydroxylation sites is 1. The SMILES string of the molecule is O=C(COc1ccc(CO)cc1)N1CCCC1.Oc1ccccc1. The normalized spacial score (nSPS) is 13.1. The molecule has 1 aliphatic rings. The molecule has 5 heteroatoms. The molecule has 24 heavy (non-hydrogen) atoms. The fraction of sp³-hybridized carbons (Fsp3) is 0.316. The lowest BCUT2D eigenvalue weighted by atomic mass is 10.2. The topological polar surface area (TPSA) is 70.0 Å². The fourth-order valence-corrected chi connectivity index (χ4v) is 2.32. The lowest BCUT2D eigenvalue weighted by molar-refractivity contribution is -0.132. The molecule has 2 N–H and O–H groups in total. The molecule has 0 aromatic heterocycles. The third-order valence-corrected chi connectivity index (χ3v) is 3.68. The van der Waals surface area contributed by atoms with Gasteiger partial charge in [-0.05, 0) is 42.7 Å². The Balaban J connectivity index is 0.000000249. The van der Waals surface area contributed by atoms with Gasteiger partial charge < -0.3 is 19.8 Å². The molecule has 5 nitrogen and oxygen atoms in total. The van der Waals surface area contributed by atoms with Crippen molar-refractivity contribution in [3.63, 3.8) is 0 Å². The number of amides is 1. The molecule has 0 aliphatic carbocycles. The third-order valence-electron chi connectivity index (χ3n) is 3.68. The second-order valence-electron chi connectivity index (χ2n) is 5.51. The highest BCUT2D eigenvalue weighted by atomic mass is 16.5. The fourth-order valence-electron chi connectivity index (χ4n) is 2.32. The molecule has 1 heterocycles. The number of rotatable bonds is 4. The van der Waals surface area contributed by atoms with E-state index in [4.69, 9.17) is 14.9 Å². The molecule has 3 rings (SSSR count). The van der Waals surface area contributed by atoms with Crippen LogP contribution in [0.5, 0.6) is 11.5 Å². The average molecular weight is 329 g/mol. The van der Waals surface area contributed by atoms with Crippen LogP contribution in [0.3, 0.4) is 0 Å². The number of likely N-dealkylation sites (tertiary alicyclic amines) is 1. The Labute approximate surface area is 142 Å². The Kier molecular flexibility index (Phi) is 7.11. The highest BCUT2D eigenvalue weighted by Crippen LogP contribution is 2.13. The van der Waals surface area contributed by atoms with Crippen molar-refractivity contribution in [1.29, 1.82) is 0 Å². The monoisotopic (exact) mass is 329 g/mol. The maximum Gasteiger partial charge on any atom is 0.260 e. The summed E-state index contributed by atoms with van der Waals surface area (Å²) < 4.78 is 5.41. The van der Waals surface area contributed by atoms with Gasteiger partial charge in [0.2, 0.25) is 0 Å². The lowest BCUT2D eigenvalue weighted by Crippen LogP contribution is -2.32. The van der Waals surface area contributed by atoms with E-state index >= 15 is 0 Å². The Bertz CT molecular complexity index is 607. The van der Waals surface area contributed by atoms with Gasteiger partial charge in [0.1, 0.15) is 11.5 Å². The molecule has 0 atom stereocenters. The van der Waals surface area contributed by atoms with Gasteiger partial charge in [-0.25, -0.2) is 0 Å². The number of hydrogen-bond acceptors (Lipinski definition) is 4. The van der Waals surface area contributed by atoms with Crippen LogP contribution in [0.15, 0.2) is 54.6 Å². The van der Waals surface area contributed by atoms with Crippen LogP contribution in [0, 0.1) is 0 Å². The number of phenolic OH excluding ortho intramolecular Hbond substituents is 1. The van der Waals surface area contributed by atoms with Crippen molar-refractivity contribution in [2.24, 2.45) is 0 Å². The van der Waals surface area contributed by atoms with Crippen molar-refractivity contribution in [2.75, 3.05) is 19.7 Å². The number of benzene rings is 2. The molecule has 0 bridgehead atoms. The summed E-state index contributed by atoms with van der Waals surface area (Å²) in [5.74, 6) is 1.03. The standard InChI is InChI=1S/C13H17NO3.C6H6O/c15-9-11-3-5-12(6-4-11)17-10-13(16)14-7-1-2-8-14;7-6-4-2-1-3-5-6/h3-6,15H,1-2,7-10H2;1-5,7H. The van der Waals surface area contributed by atoms with Gasteiger partial charge in [-0.2, -0.15) is 0 Å². The summed E-state index contributed by atoms with van der Waals surface area (Å²) in [7, 11) is 0.